The van der Waals surface area contributed by atoms with Crippen LogP contribution >= 0.6 is 0 Å². The zero-order valence-corrected chi connectivity index (χ0v) is 11.8. The van der Waals surface area contributed by atoms with Gasteiger partial charge in [-0.2, -0.15) is 0 Å². The van der Waals surface area contributed by atoms with Crippen molar-refractivity contribution in [3.63, 3.8) is 0 Å². The first-order valence-corrected chi connectivity index (χ1v) is 6.58. The van der Waals surface area contributed by atoms with Crippen molar-refractivity contribution in [3.8, 4) is 0 Å². The maximum Gasteiger partial charge on any atom is 0.123 e. The lowest BCUT2D eigenvalue weighted by molar-refractivity contribution is 0.170. The van der Waals surface area contributed by atoms with Crippen LogP contribution in [-0.4, -0.2) is 20.3 Å². The van der Waals surface area contributed by atoms with Crippen LogP contribution in [0.25, 0.3) is 0 Å². The number of hydrogen-bond donors (Lipinski definition) is 1. The summed E-state index contributed by atoms with van der Waals surface area (Å²) in [4.78, 5) is 0. The summed E-state index contributed by atoms with van der Waals surface area (Å²) in [5.74, 6) is 0.283. The summed E-state index contributed by atoms with van der Waals surface area (Å²) >= 11 is 0. The molecule has 0 heterocycles. The van der Waals surface area contributed by atoms with E-state index < -0.39 is 0 Å². The third kappa shape index (κ3) is 4.07. The Morgan fingerprint density at radius 3 is 2.67 bits per heavy atom. The highest BCUT2D eigenvalue weighted by Gasteiger charge is 2.19. The van der Waals surface area contributed by atoms with Crippen molar-refractivity contribution in [1.29, 1.82) is 0 Å². The molecule has 1 aromatic carbocycles. The third-order valence-corrected chi connectivity index (χ3v) is 3.34. The highest BCUT2D eigenvalue weighted by Crippen LogP contribution is 2.27. The maximum atomic E-state index is 13.2. The van der Waals surface area contributed by atoms with Gasteiger partial charge in [-0.05, 0) is 49.1 Å². The Morgan fingerprint density at radius 1 is 1.39 bits per heavy atom. The van der Waals surface area contributed by atoms with Crippen LogP contribution < -0.4 is 5.32 Å². The monoisotopic (exact) mass is 253 g/mol. The summed E-state index contributed by atoms with van der Waals surface area (Å²) in [6.07, 6.45) is 0.991. The van der Waals surface area contributed by atoms with Crippen molar-refractivity contribution in [2.75, 3.05) is 20.3 Å². The number of ether oxygens (including phenoxy) is 1. The zero-order valence-electron chi connectivity index (χ0n) is 11.8. The quantitative estimate of drug-likeness (QED) is 0.803. The molecule has 0 aliphatic carbocycles. The molecular formula is C15H24FNO. The Labute approximate surface area is 110 Å². The summed E-state index contributed by atoms with van der Waals surface area (Å²) in [6.45, 7) is 7.91. The van der Waals surface area contributed by atoms with Crippen molar-refractivity contribution >= 4 is 0 Å². The molecule has 0 fully saturated rings. The second-order valence-electron chi connectivity index (χ2n) is 4.80. The fourth-order valence-electron chi connectivity index (χ4n) is 2.30. The van der Waals surface area contributed by atoms with E-state index in [1.807, 2.05) is 13.0 Å². The minimum Gasteiger partial charge on any atom is -0.385 e. The second-order valence-corrected chi connectivity index (χ2v) is 4.80. The summed E-state index contributed by atoms with van der Waals surface area (Å²) < 4.78 is 18.3. The molecule has 2 nitrogen and oxygen atoms in total. The van der Waals surface area contributed by atoms with Gasteiger partial charge >= 0.3 is 0 Å². The van der Waals surface area contributed by atoms with Crippen LogP contribution in [0.5, 0.6) is 0 Å². The first-order chi connectivity index (χ1) is 8.60. The van der Waals surface area contributed by atoms with Gasteiger partial charge in [0, 0.05) is 19.8 Å². The van der Waals surface area contributed by atoms with Crippen LogP contribution in [0, 0.1) is 18.7 Å². The van der Waals surface area contributed by atoms with E-state index in [0.717, 1.165) is 25.1 Å². The van der Waals surface area contributed by atoms with E-state index in [0.29, 0.717) is 5.92 Å². The van der Waals surface area contributed by atoms with Gasteiger partial charge in [0.15, 0.2) is 0 Å². The summed E-state index contributed by atoms with van der Waals surface area (Å²) in [7, 11) is 1.72. The number of aryl methyl sites for hydroxylation is 1. The maximum absolute atomic E-state index is 13.2. The number of rotatable bonds is 7. The molecule has 18 heavy (non-hydrogen) atoms. The SMILES string of the molecule is CCNC(c1ccc(F)cc1C)C(C)CCOC. The van der Waals surface area contributed by atoms with E-state index in [9.17, 15) is 4.39 Å². The molecule has 0 aliphatic rings. The summed E-state index contributed by atoms with van der Waals surface area (Å²) in [6, 6.07) is 5.28. The molecule has 0 aliphatic heterocycles. The van der Waals surface area contributed by atoms with Gasteiger partial charge in [0.2, 0.25) is 0 Å². The number of hydrogen-bond acceptors (Lipinski definition) is 2. The van der Waals surface area contributed by atoms with Crippen LogP contribution in [0.1, 0.15) is 37.4 Å². The topological polar surface area (TPSA) is 21.3 Å². The van der Waals surface area contributed by atoms with E-state index in [1.54, 1.807) is 13.2 Å². The molecule has 2 atom stereocenters. The van der Waals surface area contributed by atoms with Crippen LogP contribution in [0.4, 0.5) is 4.39 Å². The molecule has 102 valence electrons. The Bertz CT molecular complexity index is 368. The largest absolute Gasteiger partial charge is 0.385 e. The van der Waals surface area contributed by atoms with Crippen molar-refractivity contribution in [1.82, 2.24) is 5.32 Å². The van der Waals surface area contributed by atoms with E-state index in [1.165, 1.54) is 11.6 Å². The fourth-order valence-corrected chi connectivity index (χ4v) is 2.30. The lowest BCUT2D eigenvalue weighted by atomic mass is 9.89. The first kappa shape index (κ1) is 15.1. The highest BCUT2D eigenvalue weighted by atomic mass is 19.1. The summed E-state index contributed by atoms with van der Waals surface area (Å²) in [5, 5.41) is 3.49. The van der Waals surface area contributed by atoms with Gasteiger partial charge in [0.05, 0.1) is 0 Å². The van der Waals surface area contributed by atoms with E-state index in [-0.39, 0.29) is 11.9 Å². The normalized spacial score (nSPS) is 14.5. The predicted molar refractivity (Wildman–Crippen MR) is 73.2 cm³/mol. The van der Waals surface area contributed by atoms with Crippen molar-refractivity contribution in [2.45, 2.75) is 33.2 Å². The Balaban J connectivity index is 2.88. The fraction of sp³-hybridized carbons (Fsp3) is 0.600. The molecule has 3 heteroatoms. The molecule has 0 radical (unpaired) electrons. The first-order valence-electron chi connectivity index (χ1n) is 6.58. The average Bonchev–Trinajstić information content (AvgIpc) is 2.34. The zero-order chi connectivity index (χ0) is 13.5. The van der Waals surface area contributed by atoms with Crippen molar-refractivity contribution < 1.29 is 9.13 Å². The minimum atomic E-state index is -0.170. The lowest BCUT2D eigenvalue weighted by Gasteiger charge is -2.26. The molecule has 0 amide bonds. The molecule has 0 saturated heterocycles. The molecule has 1 N–H and O–H groups in total. The van der Waals surface area contributed by atoms with Gasteiger partial charge in [0.25, 0.3) is 0 Å². The van der Waals surface area contributed by atoms with Crippen molar-refractivity contribution in [3.05, 3.63) is 35.1 Å². The minimum absolute atomic E-state index is 0.170. The number of nitrogens with one attached hydrogen (secondary N) is 1. The molecule has 0 aromatic heterocycles. The van der Waals surface area contributed by atoms with E-state index in [4.69, 9.17) is 4.74 Å². The number of benzene rings is 1. The molecule has 0 spiro atoms. The van der Waals surface area contributed by atoms with Gasteiger partial charge in [-0.15, -0.1) is 0 Å². The molecular weight excluding hydrogens is 229 g/mol. The van der Waals surface area contributed by atoms with Gasteiger partial charge in [-0.1, -0.05) is 19.9 Å². The Kier molecular flexibility index (Phi) is 6.30. The van der Waals surface area contributed by atoms with Gasteiger partial charge in [-0.25, -0.2) is 4.39 Å². The average molecular weight is 253 g/mol. The van der Waals surface area contributed by atoms with Crippen LogP contribution in [-0.2, 0) is 4.74 Å². The van der Waals surface area contributed by atoms with E-state index in [2.05, 4.69) is 19.2 Å². The molecule has 2 unspecified atom stereocenters. The molecule has 1 rings (SSSR count). The lowest BCUT2D eigenvalue weighted by Crippen LogP contribution is -2.28. The predicted octanol–water partition coefficient (Wildman–Crippen LogP) is 3.46. The highest BCUT2D eigenvalue weighted by molar-refractivity contribution is 5.30. The van der Waals surface area contributed by atoms with Gasteiger partial charge in [-0.3, -0.25) is 0 Å². The van der Waals surface area contributed by atoms with Gasteiger partial charge < -0.3 is 10.1 Å². The number of halogens is 1. The molecule has 0 bridgehead atoms. The van der Waals surface area contributed by atoms with Crippen molar-refractivity contribution in [2.24, 2.45) is 5.92 Å². The van der Waals surface area contributed by atoms with Crippen LogP contribution in [0.3, 0.4) is 0 Å². The smallest absolute Gasteiger partial charge is 0.123 e. The van der Waals surface area contributed by atoms with Crippen LogP contribution in [0.15, 0.2) is 18.2 Å². The standard InChI is InChI=1S/C15H24FNO/c1-5-17-15(11(2)8-9-18-4)14-7-6-13(16)10-12(14)3/h6-7,10-11,15,17H,5,8-9H2,1-4H3. The summed E-state index contributed by atoms with van der Waals surface area (Å²) in [5.41, 5.74) is 2.19. The second kappa shape index (κ2) is 7.49. The molecule has 1 aromatic rings. The Morgan fingerprint density at radius 2 is 2.11 bits per heavy atom. The van der Waals surface area contributed by atoms with Gasteiger partial charge in [0.1, 0.15) is 5.82 Å². The van der Waals surface area contributed by atoms with E-state index >= 15 is 0 Å². The number of methoxy groups -OCH3 is 1. The molecule has 0 saturated carbocycles. The Hall–Kier alpha value is -0.930. The van der Waals surface area contributed by atoms with Crippen LogP contribution in [0.2, 0.25) is 0 Å². The third-order valence-electron chi connectivity index (χ3n) is 3.34.